The third-order valence-corrected chi connectivity index (χ3v) is 4.11. The van der Waals surface area contributed by atoms with Crippen molar-refractivity contribution in [2.75, 3.05) is 13.1 Å². The van der Waals surface area contributed by atoms with E-state index in [2.05, 4.69) is 22.6 Å². The molecule has 0 spiro atoms. The summed E-state index contributed by atoms with van der Waals surface area (Å²) in [6.07, 6.45) is 1.87. The van der Waals surface area contributed by atoms with Crippen LogP contribution in [0.2, 0.25) is 0 Å². The molecule has 1 aliphatic heterocycles. The van der Waals surface area contributed by atoms with Gasteiger partial charge in [0, 0.05) is 22.2 Å². The van der Waals surface area contributed by atoms with Crippen molar-refractivity contribution < 1.29 is 15.0 Å². The van der Waals surface area contributed by atoms with Gasteiger partial charge >= 0.3 is 0 Å². The quantitative estimate of drug-likeness (QED) is 0.526. The molecule has 19 heavy (non-hydrogen) atoms. The number of hydrogen-bond donors (Lipinski definition) is 3. The lowest BCUT2D eigenvalue weighted by molar-refractivity contribution is -0.193. The molecule has 104 valence electrons. The van der Waals surface area contributed by atoms with E-state index in [-0.39, 0.29) is 5.56 Å². The summed E-state index contributed by atoms with van der Waals surface area (Å²) >= 11 is 2.12. The fraction of sp³-hybridized carbons (Fsp3) is 0.462. The lowest BCUT2D eigenvalue weighted by atomic mass is 9.98. The molecule has 1 aromatic rings. The summed E-state index contributed by atoms with van der Waals surface area (Å²) in [4.78, 5) is 13.7. The Balaban J connectivity index is 2.17. The zero-order valence-electron chi connectivity index (χ0n) is 10.4. The highest BCUT2D eigenvalue weighted by atomic mass is 127. The molecule has 5 nitrogen and oxygen atoms in total. The Kier molecular flexibility index (Phi) is 4.44. The Labute approximate surface area is 125 Å². The fourth-order valence-corrected chi connectivity index (χ4v) is 2.54. The molecule has 2 rings (SSSR count). The van der Waals surface area contributed by atoms with Gasteiger partial charge < -0.3 is 20.8 Å². The molecule has 4 N–H and O–H groups in total. The summed E-state index contributed by atoms with van der Waals surface area (Å²) in [5, 5.41) is 20.3. The van der Waals surface area contributed by atoms with Crippen LogP contribution in [0.5, 0.6) is 0 Å². The number of benzene rings is 1. The minimum absolute atomic E-state index is 0.230. The maximum absolute atomic E-state index is 12.1. The van der Waals surface area contributed by atoms with Gasteiger partial charge in [-0.2, -0.15) is 0 Å². The molecule has 0 aliphatic carbocycles. The van der Waals surface area contributed by atoms with Gasteiger partial charge in [-0.3, -0.25) is 4.79 Å². The van der Waals surface area contributed by atoms with E-state index in [0.717, 1.165) is 16.4 Å². The Hall–Kier alpha value is -0.700. The van der Waals surface area contributed by atoms with Gasteiger partial charge in [-0.25, -0.2) is 0 Å². The molecular weight excluding hydrogens is 359 g/mol. The van der Waals surface area contributed by atoms with Crippen LogP contribution in [0.1, 0.15) is 18.4 Å². The second-order valence-corrected chi connectivity index (χ2v) is 5.99. The van der Waals surface area contributed by atoms with Crippen LogP contribution < -0.4 is 5.73 Å². The van der Waals surface area contributed by atoms with Gasteiger partial charge in [0.1, 0.15) is 6.04 Å². The van der Waals surface area contributed by atoms with E-state index < -0.39 is 17.7 Å². The van der Waals surface area contributed by atoms with Crippen molar-refractivity contribution in [3.63, 3.8) is 0 Å². The Bertz CT molecular complexity index is 455. The van der Waals surface area contributed by atoms with Crippen molar-refractivity contribution in [1.82, 2.24) is 4.90 Å². The van der Waals surface area contributed by atoms with Crippen LogP contribution in [0, 0.1) is 3.57 Å². The van der Waals surface area contributed by atoms with Crippen LogP contribution in [0.25, 0.3) is 0 Å². The standard InChI is InChI=1S/C13H17IN2O3/c14-10-5-3-9(4-6-10)13(18,19)11(15)12(17)16-7-1-2-8-16/h3-6,11,18-19H,1-2,7-8,15H2. The first-order chi connectivity index (χ1) is 8.93. The molecule has 1 atom stereocenters. The predicted molar refractivity (Wildman–Crippen MR) is 79.1 cm³/mol. The average molecular weight is 376 g/mol. The monoisotopic (exact) mass is 376 g/mol. The van der Waals surface area contributed by atoms with E-state index in [9.17, 15) is 15.0 Å². The van der Waals surface area contributed by atoms with E-state index in [1.54, 1.807) is 29.2 Å². The van der Waals surface area contributed by atoms with Gasteiger partial charge in [0.2, 0.25) is 11.7 Å². The Morgan fingerprint density at radius 1 is 1.26 bits per heavy atom. The molecule has 1 aliphatic rings. The number of nitrogens with two attached hydrogens (primary N) is 1. The van der Waals surface area contributed by atoms with Crippen molar-refractivity contribution in [2.45, 2.75) is 24.7 Å². The molecule has 6 heteroatoms. The summed E-state index contributed by atoms with van der Waals surface area (Å²) in [6.45, 7) is 1.27. The SMILES string of the molecule is NC(C(=O)N1CCCC1)C(O)(O)c1ccc(I)cc1. The van der Waals surface area contributed by atoms with Gasteiger partial charge in [0.15, 0.2) is 0 Å². The molecule has 1 aromatic carbocycles. The highest BCUT2D eigenvalue weighted by molar-refractivity contribution is 14.1. The number of carbonyl (C=O) groups is 1. The number of hydrogen-bond acceptors (Lipinski definition) is 4. The number of amides is 1. The van der Waals surface area contributed by atoms with E-state index in [1.165, 1.54) is 0 Å². The van der Waals surface area contributed by atoms with E-state index >= 15 is 0 Å². The summed E-state index contributed by atoms with van der Waals surface area (Å²) in [5.41, 5.74) is 5.98. The number of rotatable bonds is 3. The zero-order chi connectivity index (χ0) is 14.0. The van der Waals surface area contributed by atoms with Gasteiger partial charge in [-0.1, -0.05) is 12.1 Å². The lowest BCUT2D eigenvalue weighted by Gasteiger charge is -2.30. The zero-order valence-corrected chi connectivity index (χ0v) is 12.6. The maximum Gasteiger partial charge on any atom is 0.245 e. The second kappa shape index (κ2) is 5.74. The number of aliphatic hydroxyl groups is 2. The van der Waals surface area contributed by atoms with Crippen LogP contribution in [0.15, 0.2) is 24.3 Å². The lowest BCUT2D eigenvalue weighted by Crippen LogP contribution is -2.55. The first-order valence-corrected chi connectivity index (χ1v) is 7.26. The first kappa shape index (κ1) is 14.7. The van der Waals surface area contributed by atoms with Gasteiger partial charge in [0.25, 0.3) is 0 Å². The van der Waals surface area contributed by atoms with Crippen molar-refractivity contribution in [1.29, 1.82) is 0 Å². The van der Waals surface area contributed by atoms with Crippen LogP contribution in [-0.4, -0.2) is 40.2 Å². The number of halogens is 1. The highest BCUT2D eigenvalue weighted by Gasteiger charge is 2.41. The molecule has 0 saturated carbocycles. The summed E-state index contributed by atoms with van der Waals surface area (Å²) < 4.78 is 0.969. The maximum atomic E-state index is 12.1. The molecule has 1 fully saturated rings. The van der Waals surface area contributed by atoms with Crippen LogP contribution in [0.3, 0.4) is 0 Å². The minimum atomic E-state index is -2.34. The van der Waals surface area contributed by atoms with Crippen LogP contribution in [-0.2, 0) is 10.6 Å². The Morgan fingerprint density at radius 2 is 1.79 bits per heavy atom. The molecule has 0 bridgehead atoms. The minimum Gasteiger partial charge on any atom is -0.360 e. The van der Waals surface area contributed by atoms with E-state index in [0.29, 0.717) is 13.1 Å². The molecule has 1 saturated heterocycles. The van der Waals surface area contributed by atoms with Crippen LogP contribution >= 0.6 is 22.6 Å². The third-order valence-electron chi connectivity index (χ3n) is 3.39. The Morgan fingerprint density at radius 3 is 2.32 bits per heavy atom. The largest absolute Gasteiger partial charge is 0.360 e. The van der Waals surface area contributed by atoms with Gasteiger partial charge in [-0.15, -0.1) is 0 Å². The normalized spacial score (nSPS) is 17.6. The molecular formula is C13H17IN2O3. The number of nitrogens with zero attached hydrogens (tertiary/aromatic N) is 1. The third kappa shape index (κ3) is 3.07. The smallest absolute Gasteiger partial charge is 0.245 e. The second-order valence-electron chi connectivity index (χ2n) is 4.74. The number of likely N-dealkylation sites (tertiary alicyclic amines) is 1. The van der Waals surface area contributed by atoms with Gasteiger partial charge in [0.05, 0.1) is 0 Å². The molecule has 1 heterocycles. The predicted octanol–water partition coefficient (Wildman–Crippen LogP) is 0.378. The topological polar surface area (TPSA) is 86.8 Å². The highest BCUT2D eigenvalue weighted by Crippen LogP contribution is 2.24. The van der Waals surface area contributed by atoms with Crippen molar-refractivity contribution in [2.24, 2.45) is 5.73 Å². The number of carbonyl (C=O) groups excluding carboxylic acids is 1. The summed E-state index contributed by atoms with van der Waals surface area (Å²) in [7, 11) is 0. The van der Waals surface area contributed by atoms with Gasteiger partial charge in [-0.05, 0) is 47.6 Å². The average Bonchev–Trinajstić information content (AvgIpc) is 2.91. The molecule has 1 amide bonds. The van der Waals surface area contributed by atoms with Crippen LogP contribution in [0.4, 0.5) is 0 Å². The molecule has 0 aromatic heterocycles. The van der Waals surface area contributed by atoms with E-state index in [4.69, 9.17) is 5.73 Å². The molecule has 0 radical (unpaired) electrons. The van der Waals surface area contributed by atoms with Crippen molar-refractivity contribution in [3.8, 4) is 0 Å². The summed E-state index contributed by atoms with van der Waals surface area (Å²) in [6, 6.07) is 5.25. The molecule has 1 unspecified atom stereocenters. The van der Waals surface area contributed by atoms with Crippen molar-refractivity contribution in [3.05, 3.63) is 33.4 Å². The summed E-state index contributed by atoms with van der Waals surface area (Å²) in [5.74, 6) is -2.76. The van der Waals surface area contributed by atoms with Crippen molar-refractivity contribution >= 4 is 28.5 Å². The fourth-order valence-electron chi connectivity index (χ4n) is 2.18. The first-order valence-electron chi connectivity index (χ1n) is 6.18. The van der Waals surface area contributed by atoms with E-state index in [1.807, 2.05) is 0 Å².